The van der Waals surface area contributed by atoms with Crippen LogP contribution in [0.25, 0.3) is 11.4 Å². The summed E-state index contributed by atoms with van der Waals surface area (Å²) in [7, 11) is 1.58. The van der Waals surface area contributed by atoms with Crippen molar-refractivity contribution in [2.75, 3.05) is 25.6 Å². The molecule has 3 rings (SSSR count). The summed E-state index contributed by atoms with van der Waals surface area (Å²) in [5.41, 5.74) is 1.05. The number of amides is 1. The smallest absolute Gasteiger partial charge is 0.270 e. The largest absolute Gasteiger partial charge is 0.383 e. The van der Waals surface area contributed by atoms with Crippen molar-refractivity contribution in [3.8, 4) is 11.4 Å². The molecule has 134 valence electrons. The summed E-state index contributed by atoms with van der Waals surface area (Å²) < 4.78 is 9.99. The molecule has 0 aliphatic carbocycles. The van der Waals surface area contributed by atoms with E-state index in [0.29, 0.717) is 36.4 Å². The number of ether oxygens (including phenoxy) is 1. The van der Waals surface area contributed by atoms with Gasteiger partial charge in [-0.25, -0.2) is 9.97 Å². The van der Waals surface area contributed by atoms with Gasteiger partial charge in [0.05, 0.1) is 6.61 Å². The number of hydrogen-bond acceptors (Lipinski definition) is 7. The van der Waals surface area contributed by atoms with Crippen molar-refractivity contribution in [2.45, 2.75) is 6.92 Å². The maximum atomic E-state index is 12.4. The van der Waals surface area contributed by atoms with E-state index in [1.165, 1.54) is 0 Å². The van der Waals surface area contributed by atoms with Gasteiger partial charge in [0.25, 0.3) is 5.91 Å². The fourth-order valence-electron chi connectivity index (χ4n) is 2.26. The van der Waals surface area contributed by atoms with Gasteiger partial charge in [0.2, 0.25) is 0 Å². The van der Waals surface area contributed by atoms with E-state index in [-0.39, 0.29) is 11.6 Å². The molecule has 3 aromatic rings. The SMILES string of the molecule is COCCNC(=O)c1cc(Nc2cc(C)on2)nc(-c2ccccc2)n1. The Bertz CT molecular complexity index is 880. The summed E-state index contributed by atoms with van der Waals surface area (Å²) in [6.07, 6.45) is 0. The Balaban J connectivity index is 1.92. The van der Waals surface area contributed by atoms with E-state index in [4.69, 9.17) is 9.26 Å². The number of rotatable bonds is 7. The molecule has 0 spiro atoms. The zero-order valence-electron chi connectivity index (χ0n) is 14.5. The highest BCUT2D eigenvalue weighted by molar-refractivity contribution is 5.93. The lowest BCUT2D eigenvalue weighted by atomic mass is 10.2. The second-order valence-electron chi connectivity index (χ2n) is 5.52. The quantitative estimate of drug-likeness (QED) is 0.629. The van der Waals surface area contributed by atoms with Gasteiger partial charge >= 0.3 is 0 Å². The van der Waals surface area contributed by atoms with E-state index >= 15 is 0 Å². The molecule has 0 saturated carbocycles. The van der Waals surface area contributed by atoms with Crippen molar-refractivity contribution in [3.05, 3.63) is 53.9 Å². The standard InChI is InChI=1S/C18H19N5O3/c1-12-10-16(23-26-12)21-15-11-14(18(24)19-8-9-25-2)20-17(22-15)13-6-4-3-5-7-13/h3-7,10-11H,8-9H2,1-2H3,(H,19,24)(H,20,21,22,23). The average Bonchev–Trinajstić information content (AvgIpc) is 3.07. The molecule has 0 radical (unpaired) electrons. The van der Waals surface area contributed by atoms with Crippen LogP contribution in [0.5, 0.6) is 0 Å². The number of anilines is 2. The van der Waals surface area contributed by atoms with Crippen molar-refractivity contribution in [1.82, 2.24) is 20.4 Å². The summed E-state index contributed by atoms with van der Waals surface area (Å²) >= 11 is 0. The Labute approximate surface area is 150 Å². The first-order valence-electron chi connectivity index (χ1n) is 8.07. The molecule has 0 atom stereocenters. The third-order valence-electron chi connectivity index (χ3n) is 3.47. The number of benzene rings is 1. The molecule has 8 heteroatoms. The van der Waals surface area contributed by atoms with Crippen LogP contribution >= 0.6 is 0 Å². The second-order valence-corrected chi connectivity index (χ2v) is 5.52. The number of carbonyl (C=O) groups excluding carboxylic acids is 1. The van der Waals surface area contributed by atoms with Crippen LogP contribution in [0.3, 0.4) is 0 Å². The first kappa shape index (κ1) is 17.6. The van der Waals surface area contributed by atoms with Gasteiger partial charge in [-0.3, -0.25) is 4.79 Å². The van der Waals surface area contributed by atoms with Gasteiger partial charge in [0, 0.05) is 31.4 Å². The fourth-order valence-corrected chi connectivity index (χ4v) is 2.26. The van der Waals surface area contributed by atoms with E-state index in [2.05, 4.69) is 25.8 Å². The highest BCUT2D eigenvalue weighted by Gasteiger charge is 2.14. The molecule has 0 aliphatic rings. The molecule has 0 aliphatic heterocycles. The van der Waals surface area contributed by atoms with E-state index < -0.39 is 0 Å². The van der Waals surface area contributed by atoms with Gasteiger partial charge in [0.1, 0.15) is 17.3 Å². The highest BCUT2D eigenvalue weighted by Crippen LogP contribution is 2.20. The van der Waals surface area contributed by atoms with Crippen LogP contribution in [0.4, 0.5) is 11.6 Å². The Hall–Kier alpha value is -3.26. The number of nitrogens with zero attached hydrogens (tertiary/aromatic N) is 3. The maximum Gasteiger partial charge on any atom is 0.270 e. The summed E-state index contributed by atoms with van der Waals surface area (Å²) in [5, 5.41) is 9.68. The fraction of sp³-hybridized carbons (Fsp3) is 0.222. The Morgan fingerprint density at radius 2 is 1.96 bits per heavy atom. The minimum absolute atomic E-state index is 0.248. The molecule has 1 amide bonds. The number of aryl methyl sites for hydroxylation is 1. The highest BCUT2D eigenvalue weighted by atomic mass is 16.5. The lowest BCUT2D eigenvalue weighted by Gasteiger charge is -2.09. The molecule has 0 bridgehead atoms. The van der Waals surface area contributed by atoms with Crippen LogP contribution in [-0.2, 0) is 4.74 Å². The van der Waals surface area contributed by atoms with Crippen LogP contribution in [0.15, 0.2) is 47.0 Å². The summed E-state index contributed by atoms with van der Waals surface area (Å²) in [5.74, 6) is 1.76. The molecule has 26 heavy (non-hydrogen) atoms. The van der Waals surface area contributed by atoms with Gasteiger partial charge in [-0.05, 0) is 6.92 Å². The lowest BCUT2D eigenvalue weighted by Crippen LogP contribution is -2.28. The van der Waals surface area contributed by atoms with Gasteiger partial charge in [-0.1, -0.05) is 35.5 Å². The molecule has 8 nitrogen and oxygen atoms in total. The Morgan fingerprint density at radius 3 is 2.65 bits per heavy atom. The first-order valence-corrected chi connectivity index (χ1v) is 8.07. The second kappa shape index (κ2) is 8.21. The van der Waals surface area contributed by atoms with Gasteiger partial charge in [-0.15, -0.1) is 0 Å². The minimum atomic E-state index is -0.305. The number of aromatic nitrogens is 3. The zero-order valence-corrected chi connectivity index (χ0v) is 14.5. The topological polar surface area (TPSA) is 102 Å². The lowest BCUT2D eigenvalue weighted by molar-refractivity contribution is 0.0932. The van der Waals surface area contributed by atoms with Crippen LogP contribution in [0.1, 0.15) is 16.2 Å². The number of hydrogen-bond donors (Lipinski definition) is 2. The van der Waals surface area contributed by atoms with Crippen molar-refractivity contribution >= 4 is 17.5 Å². The van der Waals surface area contributed by atoms with E-state index in [0.717, 1.165) is 5.56 Å². The van der Waals surface area contributed by atoms with Crippen LogP contribution in [0, 0.1) is 6.92 Å². The minimum Gasteiger partial charge on any atom is -0.383 e. The van der Waals surface area contributed by atoms with E-state index in [9.17, 15) is 4.79 Å². The molecule has 2 N–H and O–H groups in total. The molecule has 0 fully saturated rings. The van der Waals surface area contributed by atoms with Crippen LogP contribution in [-0.4, -0.2) is 41.3 Å². The monoisotopic (exact) mass is 353 g/mol. The van der Waals surface area contributed by atoms with Crippen molar-refractivity contribution in [2.24, 2.45) is 0 Å². The number of methoxy groups -OCH3 is 1. The molecular formula is C18H19N5O3. The van der Waals surface area contributed by atoms with Gasteiger partial charge in [-0.2, -0.15) is 0 Å². The number of nitrogens with one attached hydrogen (secondary N) is 2. The first-order chi connectivity index (χ1) is 12.7. The maximum absolute atomic E-state index is 12.4. The molecule has 1 aromatic carbocycles. The Kier molecular flexibility index (Phi) is 5.55. The average molecular weight is 353 g/mol. The number of carbonyl (C=O) groups is 1. The molecule has 0 saturated heterocycles. The van der Waals surface area contributed by atoms with Crippen LogP contribution < -0.4 is 10.6 Å². The third kappa shape index (κ3) is 4.42. The predicted octanol–water partition coefficient (Wildman–Crippen LogP) is 2.56. The van der Waals surface area contributed by atoms with E-state index in [1.54, 1.807) is 26.2 Å². The Morgan fingerprint density at radius 1 is 1.15 bits per heavy atom. The molecule has 0 unspecified atom stereocenters. The summed E-state index contributed by atoms with van der Waals surface area (Å²) in [6, 6.07) is 12.7. The van der Waals surface area contributed by atoms with Crippen molar-refractivity contribution < 1.29 is 14.1 Å². The summed E-state index contributed by atoms with van der Waals surface area (Å²) in [4.78, 5) is 21.3. The van der Waals surface area contributed by atoms with E-state index in [1.807, 2.05) is 30.3 Å². The van der Waals surface area contributed by atoms with Gasteiger partial charge in [0.15, 0.2) is 11.6 Å². The summed E-state index contributed by atoms with van der Waals surface area (Å²) in [6.45, 7) is 2.61. The van der Waals surface area contributed by atoms with Crippen molar-refractivity contribution in [3.63, 3.8) is 0 Å². The molecule has 2 heterocycles. The third-order valence-corrected chi connectivity index (χ3v) is 3.47. The van der Waals surface area contributed by atoms with Crippen molar-refractivity contribution in [1.29, 1.82) is 0 Å². The normalized spacial score (nSPS) is 10.5. The molecular weight excluding hydrogens is 334 g/mol. The van der Waals surface area contributed by atoms with Crippen LogP contribution in [0.2, 0.25) is 0 Å². The predicted molar refractivity (Wildman–Crippen MR) is 96.2 cm³/mol. The van der Waals surface area contributed by atoms with Gasteiger partial charge < -0.3 is 19.9 Å². The molecule has 2 aromatic heterocycles. The zero-order chi connectivity index (χ0) is 18.4.